The molecule has 0 amide bonds. The average Bonchev–Trinajstić information content (AvgIpc) is 3.12. The molecule has 0 aromatic heterocycles. The molecule has 0 spiro atoms. The second kappa shape index (κ2) is 9.98. The Labute approximate surface area is 220 Å². The first-order valence-electron chi connectivity index (χ1n) is 12.6. The van der Waals surface area contributed by atoms with Gasteiger partial charge in [-0.3, -0.25) is 9.59 Å². The molecule has 6 rings (SSSR count). The zero-order chi connectivity index (χ0) is 26.1. The molecular formula is C32H25FN2O3. The molecule has 0 saturated carbocycles. The van der Waals surface area contributed by atoms with Crippen molar-refractivity contribution in [1.82, 2.24) is 0 Å². The Balaban J connectivity index is 1.40. The molecule has 4 aromatic rings. The molecule has 6 heteroatoms. The van der Waals surface area contributed by atoms with E-state index in [0.717, 1.165) is 23.5 Å². The van der Waals surface area contributed by atoms with Crippen molar-refractivity contribution in [3.05, 3.63) is 131 Å². The molecule has 2 N–H and O–H groups in total. The van der Waals surface area contributed by atoms with Crippen molar-refractivity contribution in [1.29, 1.82) is 0 Å². The van der Waals surface area contributed by atoms with Crippen LogP contribution in [-0.2, 0) is 4.79 Å². The quantitative estimate of drug-likeness (QED) is 0.277. The highest BCUT2D eigenvalue weighted by Gasteiger charge is 2.33. The smallest absolute Gasteiger partial charge is 0.193 e. The molecule has 188 valence electrons. The number of hydrogen-bond donors (Lipinski definition) is 2. The lowest BCUT2D eigenvalue weighted by Crippen LogP contribution is -2.23. The number of ketones is 2. The van der Waals surface area contributed by atoms with Gasteiger partial charge in [-0.05, 0) is 60.9 Å². The van der Waals surface area contributed by atoms with E-state index in [2.05, 4.69) is 10.6 Å². The summed E-state index contributed by atoms with van der Waals surface area (Å²) < 4.78 is 20.6. The molecule has 0 radical (unpaired) electrons. The Kier molecular flexibility index (Phi) is 6.22. The van der Waals surface area contributed by atoms with Crippen LogP contribution >= 0.6 is 0 Å². The first kappa shape index (κ1) is 23.7. The second-order valence-electron chi connectivity index (χ2n) is 9.43. The van der Waals surface area contributed by atoms with E-state index < -0.39 is 11.9 Å². The SMILES string of the molecule is O=C1CCCC2=C1[C@H](c1ccc(F)c(Oc3ccccc3)c1)Nc1ccc(C(=O)c3ccccc3)cc1N2. The molecule has 1 aliphatic heterocycles. The summed E-state index contributed by atoms with van der Waals surface area (Å²) in [4.78, 5) is 26.3. The Morgan fingerprint density at radius 1 is 0.816 bits per heavy atom. The number of allylic oxidation sites excluding steroid dienone is 1. The van der Waals surface area contributed by atoms with Crippen molar-refractivity contribution in [2.75, 3.05) is 10.6 Å². The van der Waals surface area contributed by atoms with Crippen LogP contribution in [-0.4, -0.2) is 11.6 Å². The van der Waals surface area contributed by atoms with Crippen molar-refractivity contribution in [2.45, 2.75) is 25.3 Å². The number of para-hydroxylation sites is 1. The number of anilines is 2. The van der Waals surface area contributed by atoms with Crippen molar-refractivity contribution in [2.24, 2.45) is 0 Å². The molecule has 0 unspecified atom stereocenters. The molecule has 5 nitrogen and oxygen atoms in total. The largest absolute Gasteiger partial charge is 0.454 e. The summed E-state index contributed by atoms with van der Waals surface area (Å²) in [6.07, 6.45) is 1.88. The number of halogens is 1. The topological polar surface area (TPSA) is 67.4 Å². The summed E-state index contributed by atoms with van der Waals surface area (Å²) >= 11 is 0. The number of carbonyl (C=O) groups excluding carboxylic acids is 2. The van der Waals surface area contributed by atoms with E-state index in [4.69, 9.17) is 4.74 Å². The number of ether oxygens (including phenoxy) is 1. The maximum Gasteiger partial charge on any atom is 0.193 e. The standard InChI is InChI=1S/C32H25FN2O3/c33-24-16-14-21(19-29(24)38-23-10-5-2-6-11-23)31-30-26(12-7-13-28(30)36)34-27-18-22(15-17-25(27)35-31)32(37)20-8-3-1-4-9-20/h1-6,8-11,14-19,31,34-35H,7,12-13H2/t31-/m0/s1. The van der Waals surface area contributed by atoms with Gasteiger partial charge in [0, 0.05) is 28.8 Å². The molecule has 38 heavy (non-hydrogen) atoms. The van der Waals surface area contributed by atoms with Gasteiger partial charge in [-0.1, -0.05) is 54.6 Å². The van der Waals surface area contributed by atoms with E-state index in [9.17, 15) is 14.0 Å². The highest BCUT2D eigenvalue weighted by atomic mass is 19.1. The lowest BCUT2D eigenvalue weighted by molar-refractivity contribution is -0.116. The third-order valence-electron chi connectivity index (χ3n) is 6.91. The van der Waals surface area contributed by atoms with E-state index >= 15 is 0 Å². The third-order valence-corrected chi connectivity index (χ3v) is 6.91. The first-order valence-corrected chi connectivity index (χ1v) is 12.6. The molecule has 0 fully saturated rings. The van der Waals surface area contributed by atoms with Gasteiger partial charge in [0.15, 0.2) is 23.1 Å². The number of fused-ring (bicyclic) bond motifs is 1. The number of rotatable bonds is 5. The fourth-order valence-corrected chi connectivity index (χ4v) is 5.03. The maximum atomic E-state index is 14.7. The lowest BCUT2D eigenvalue weighted by Gasteiger charge is -2.25. The summed E-state index contributed by atoms with van der Waals surface area (Å²) in [5.41, 5.74) is 4.77. The van der Waals surface area contributed by atoms with Crippen molar-refractivity contribution in [3.63, 3.8) is 0 Å². The van der Waals surface area contributed by atoms with Crippen LogP contribution in [0, 0.1) is 5.82 Å². The fraction of sp³-hybridized carbons (Fsp3) is 0.125. The van der Waals surface area contributed by atoms with E-state index in [1.54, 1.807) is 42.5 Å². The van der Waals surface area contributed by atoms with Crippen molar-refractivity contribution >= 4 is 22.9 Å². The predicted molar refractivity (Wildman–Crippen MR) is 145 cm³/mol. The zero-order valence-electron chi connectivity index (χ0n) is 20.5. The van der Waals surface area contributed by atoms with Gasteiger partial charge in [-0.25, -0.2) is 4.39 Å². The fourth-order valence-electron chi connectivity index (χ4n) is 5.03. The molecule has 1 aliphatic carbocycles. The Hall–Kier alpha value is -4.71. The van der Waals surface area contributed by atoms with Gasteiger partial charge in [0.25, 0.3) is 0 Å². The molecular weight excluding hydrogens is 479 g/mol. The highest BCUT2D eigenvalue weighted by Crippen LogP contribution is 2.42. The van der Waals surface area contributed by atoms with Gasteiger partial charge in [-0.2, -0.15) is 0 Å². The molecule has 2 aliphatic rings. The van der Waals surface area contributed by atoms with Gasteiger partial charge in [0.1, 0.15) is 5.75 Å². The summed E-state index contributed by atoms with van der Waals surface area (Å²) in [7, 11) is 0. The minimum atomic E-state index is -0.513. The normalized spacial score (nSPS) is 16.4. The van der Waals surface area contributed by atoms with Crippen LogP contribution in [0.4, 0.5) is 15.8 Å². The van der Waals surface area contributed by atoms with Crippen LogP contribution in [0.5, 0.6) is 11.5 Å². The molecule has 1 atom stereocenters. The number of nitrogens with one attached hydrogen (secondary N) is 2. The van der Waals surface area contributed by atoms with E-state index in [1.165, 1.54) is 6.07 Å². The first-order chi connectivity index (χ1) is 18.6. The number of carbonyl (C=O) groups is 2. The average molecular weight is 505 g/mol. The minimum Gasteiger partial charge on any atom is -0.454 e. The summed E-state index contributed by atoms with van der Waals surface area (Å²) in [6.45, 7) is 0. The summed E-state index contributed by atoms with van der Waals surface area (Å²) in [5.74, 6) is 0.0828. The maximum absolute atomic E-state index is 14.7. The molecule has 0 saturated heterocycles. The molecule has 1 heterocycles. The zero-order valence-corrected chi connectivity index (χ0v) is 20.5. The van der Waals surface area contributed by atoms with Crippen molar-refractivity contribution < 1.29 is 18.7 Å². The monoisotopic (exact) mass is 504 g/mol. The Morgan fingerprint density at radius 2 is 1.58 bits per heavy atom. The number of benzene rings is 4. The Morgan fingerprint density at radius 3 is 2.37 bits per heavy atom. The van der Waals surface area contributed by atoms with E-state index in [-0.39, 0.29) is 17.3 Å². The minimum absolute atomic E-state index is 0.0412. The number of Topliss-reactive ketones (excluding diaryl/α,β-unsaturated/α-hetero) is 1. The van der Waals surface area contributed by atoms with Crippen LogP contribution in [0.15, 0.2) is 108 Å². The van der Waals surface area contributed by atoms with Gasteiger partial charge < -0.3 is 15.4 Å². The lowest BCUT2D eigenvalue weighted by atomic mass is 9.86. The number of hydrogen-bond acceptors (Lipinski definition) is 5. The van der Waals surface area contributed by atoms with Gasteiger partial charge in [0.05, 0.1) is 17.4 Å². The van der Waals surface area contributed by atoms with Gasteiger partial charge in [0.2, 0.25) is 0 Å². The predicted octanol–water partition coefficient (Wildman–Crippen LogP) is 7.43. The van der Waals surface area contributed by atoms with Crippen LogP contribution in [0.2, 0.25) is 0 Å². The second-order valence-corrected chi connectivity index (χ2v) is 9.43. The van der Waals surface area contributed by atoms with Crippen molar-refractivity contribution in [3.8, 4) is 11.5 Å². The third kappa shape index (κ3) is 4.57. The van der Waals surface area contributed by atoms with Crippen LogP contribution < -0.4 is 15.4 Å². The molecule has 4 aromatic carbocycles. The van der Waals surface area contributed by atoms with Crippen LogP contribution in [0.3, 0.4) is 0 Å². The van der Waals surface area contributed by atoms with Crippen LogP contribution in [0.1, 0.15) is 46.8 Å². The highest BCUT2D eigenvalue weighted by molar-refractivity contribution is 6.10. The van der Waals surface area contributed by atoms with E-state index in [1.807, 2.05) is 48.5 Å². The summed E-state index contributed by atoms with van der Waals surface area (Å²) in [6, 6.07) is 27.8. The van der Waals surface area contributed by atoms with Gasteiger partial charge >= 0.3 is 0 Å². The van der Waals surface area contributed by atoms with Gasteiger partial charge in [-0.15, -0.1) is 0 Å². The summed E-state index contributed by atoms with van der Waals surface area (Å²) in [5, 5.41) is 6.93. The molecule has 0 bridgehead atoms. The Bertz CT molecular complexity index is 1560. The van der Waals surface area contributed by atoms with Crippen LogP contribution in [0.25, 0.3) is 0 Å². The van der Waals surface area contributed by atoms with E-state index in [0.29, 0.717) is 40.9 Å².